The molecule has 25 heavy (non-hydrogen) atoms. The molecule has 1 aromatic rings. The minimum absolute atomic E-state index is 0. The Morgan fingerprint density at radius 2 is 1.92 bits per heavy atom. The topological polar surface area (TPSA) is 41.6 Å². The number of amides is 1. The van der Waals surface area contributed by atoms with E-state index in [4.69, 9.17) is 4.74 Å². The Bertz CT molecular complexity index is 598. The van der Waals surface area contributed by atoms with E-state index in [2.05, 4.69) is 5.32 Å². The van der Waals surface area contributed by atoms with E-state index in [-0.39, 0.29) is 36.1 Å². The number of fused-ring (bicyclic) bond motifs is 2. The Balaban J connectivity index is 0.00000225. The number of ether oxygens (including phenoxy) is 1. The van der Waals surface area contributed by atoms with Crippen molar-refractivity contribution in [1.82, 2.24) is 10.2 Å². The normalized spacial score (nSPS) is 24.2. The van der Waals surface area contributed by atoms with E-state index >= 15 is 0 Å². The van der Waals surface area contributed by atoms with Crippen molar-refractivity contribution in [3.05, 3.63) is 29.8 Å². The number of hydrogen-bond acceptors (Lipinski definition) is 3. The SMILES string of the molecule is CC(Oc1ccccc1C(F)(F)F)C(=O)N1C2CCNCC1CC2.Cl. The van der Waals surface area contributed by atoms with Crippen LogP contribution in [-0.4, -0.2) is 42.1 Å². The molecular weight excluding hydrogens is 357 g/mol. The molecule has 3 unspecified atom stereocenters. The van der Waals surface area contributed by atoms with Gasteiger partial charge < -0.3 is 15.0 Å². The fourth-order valence-corrected chi connectivity index (χ4v) is 3.60. The zero-order chi connectivity index (χ0) is 17.3. The first-order chi connectivity index (χ1) is 11.4. The van der Waals surface area contributed by atoms with Gasteiger partial charge in [-0.1, -0.05) is 12.1 Å². The summed E-state index contributed by atoms with van der Waals surface area (Å²) in [6, 6.07) is 5.26. The van der Waals surface area contributed by atoms with Crippen molar-refractivity contribution in [3.8, 4) is 5.75 Å². The summed E-state index contributed by atoms with van der Waals surface area (Å²) in [7, 11) is 0. The van der Waals surface area contributed by atoms with Crippen LogP contribution in [-0.2, 0) is 11.0 Å². The van der Waals surface area contributed by atoms with E-state index in [1.165, 1.54) is 25.1 Å². The molecule has 2 heterocycles. The molecule has 0 saturated carbocycles. The minimum atomic E-state index is -4.51. The molecule has 0 radical (unpaired) electrons. The van der Waals surface area contributed by atoms with Crippen molar-refractivity contribution in [3.63, 3.8) is 0 Å². The molecule has 4 nitrogen and oxygen atoms in total. The molecular formula is C17H22ClF3N2O2. The van der Waals surface area contributed by atoms with Gasteiger partial charge in [-0.2, -0.15) is 13.2 Å². The lowest BCUT2D eigenvalue weighted by Crippen LogP contribution is -2.48. The van der Waals surface area contributed by atoms with Crippen LogP contribution in [0.5, 0.6) is 5.75 Å². The summed E-state index contributed by atoms with van der Waals surface area (Å²) in [6.07, 6.45) is -2.72. The zero-order valence-corrected chi connectivity index (χ0v) is 14.7. The monoisotopic (exact) mass is 378 g/mol. The van der Waals surface area contributed by atoms with Crippen molar-refractivity contribution in [2.75, 3.05) is 13.1 Å². The number of nitrogens with one attached hydrogen (secondary N) is 1. The molecule has 2 bridgehead atoms. The highest BCUT2D eigenvalue weighted by atomic mass is 35.5. The maximum absolute atomic E-state index is 13.1. The van der Waals surface area contributed by atoms with Crippen LogP contribution in [0.4, 0.5) is 13.2 Å². The highest BCUT2D eigenvalue weighted by molar-refractivity contribution is 5.85. The lowest BCUT2D eigenvalue weighted by atomic mass is 10.1. The summed E-state index contributed by atoms with van der Waals surface area (Å²) in [5, 5.41) is 3.30. The Morgan fingerprint density at radius 3 is 2.64 bits per heavy atom. The first-order valence-corrected chi connectivity index (χ1v) is 8.23. The fraction of sp³-hybridized carbons (Fsp3) is 0.588. The molecule has 3 atom stereocenters. The number of halogens is 4. The number of alkyl halides is 3. The lowest BCUT2D eigenvalue weighted by molar-refractivity contribution is -0.145. The minimum Gasteiger partial charge on any atom is -0.480 e. The van der Waals surface area contributed by atoms with Crippen molar-refractivity contribution in [1.29, 1.82) is 0 Å². The van der Waals surface area contributed by atoms with Gasteiger partial charge in [-0.25, -0.2) is 0 Å². The standard InChI is InChI=1S/C17H21F3N2O2.ClH/c1-11(24-15-5-3-2-4-14(15)17(18,19)20)16(23)22-12-6-7-13(22)10-21-9-8-12;/h2-5,11-13,21H,6-10H2,1H3;1H. The summed E-state index contributed by atoms with van der Waals surface area (Å²) in [5.41, 5.74) is -0.856. The predicted molar refractivity (Wildman–Crippen MR) is 89.9 cm³/mol. The number of carbonyl (C=O) groups excluding carboxylic acids is 1. The maximum Gasteiger partial charge on any atom is 0.419 e. The van der Waals surface area contributed by atoms with E-state index in [1.54, 1.807) is 0 Å². The second kappa shape index (κ2) is 7.83. The van der Waals surface area contributed by atoms with E-state index < -0.39 is 17.8 Å². The zero-order valence-electron chi connectivity index (χ0n) is 13.9. The van der Waals surface area contributed by atoms with E-state index in [0.29, 0.717) is 0 Å². The first-order valence-electron chi connectivity index (χ1n) is 8.23. The highest BCUT2D eigenvalue weighted by Crippen LogP contribution is 2.37. The third-order valence-electron chi connectivity index (χ3n) is 4.75. The number of rotatable bonds is 3. The molecule has 1 N–H and O–H groups in total. The highest BCUT2D eigenvalue weighted by Gasteiger charge is 2.41. The maximum atomic E-state index is 13.1. The van der Waals surface area contributed by atoms with Crippen LogP contribution in [0.2, 0.25) is 0 Å². The van der Waals surface area contributed by atoms with Gasteiger partial charge in [0, 0.05) is 18.6 Å². The van der Waals surface area contributed by atoms with E-state index in [9.17, 15) is 18.0 Å². The summed E-state index contributed by atoms with van der Waals surface area (Å²) in [6.45, 7) is 3.11. The van der Waals surface area contributed by atoms with Crippen molar-refractivity contribution < 1.29 is 22.7 Å². The van der Waals surface area contributed by atoms with Crippen LogP contribution in [0.3, 0.4) is 0 Å². The molecule has 1 amide bonds. The largest absolute Gasteiger partial charge is 0.480 e. The number of para-hydroxylation sites is 1. The number of nitrogens with zero attached hydrogens (tertiary/aromatic N) is 1. The van der Waals surface area contributed by atoms with Gasteiger partial charge in [-0.3, -0.25) is 4.79 Å². The molecule has 140 valence electrons. The van der Waals surface area contributed by atoms with Crippen LogP contribution >= 0.6 is 12.4 Å². The summed E-state index contributed by atoms with van der Waals surface area (Å²) in [4.78, 5) is 14.6. The number of benzene rings is 1. The summed E-state index contributed by atoms with van der Waals surface area (Å²) in [5.74, 6) is -0.533. The lowest BCUT2D eigenvalue weighted by Gasteiger charge is -2.30. The van der Waals surface area contributed by atoms with Gasteiger partial charge in [0.15, 0.2) is 6.10 Å². The van der Waals surface area contributed by atoms with Crippen LogP contribution in [0.25, 0.3) is 0 Å². The quantitative estimate of drug-likeness (QED) is 0.878. The van der Waals surface area contributed by atoms with Crippen molar-refractivity contribution in [2.24, 2.45) is 0 Å². The second-order valence-electron chi connectivity index (χ2n) is 6.38. The van der Waals surface area contributed by atoms with E-state index in [1.807, 2.05) is 4.90 Å². The molecule has 3 rings (SSSR count). The van der Waals surface area contributed by atoms with Gasteiger partial charge in [-0.15, -0.1) is 12.4 Å². The van der Waals surface area contributed by atoms with Gasteiger partial charge in [0.1, 0.15) is 5.75 Å². The predicted octanol–water partition coefficient (Wildman–Crippen LogP) is 3.25. The Kier molecular flexibility index (Phi) is 6.21. The molecule has 2 aliphatic rings. The third-order valence-corrected chi connectivity index (χ3v) is 4.75. The molecule has 0 spiro atoms. The molecule has 2 saturated heterocycles. The van der Waals surface area contributed by atoms with Gasteiger partial charge >= 0.3 is 6.18 Å². The average molecular weight is 379 g/mol. The molecule has 0 aliphatic carbocycles. The van der Waals surface area contributed by atoms with Gasteiger partial charge in [0.25, 0.3) is 5.91 Å². The number of hydrogen-bond donors (Lipinski definition) is 1. The molecule has 8 heteroatoms. The van der Waals surface area contributed by atoms with E-state index in [0.717, 1.165) is 38.4 Å². The molecule has 0 aromatic heterocycles. The Morgan fingerprint density at radius 1 is 1.24 bits per heavy atom. The molecule has 2 aliphatic heterocycles. The smallest absolute Gasteiger partial charge is 0.419 e. The average Bonchev–Trinajstić information content (AvgIpc) is 2.79. The van der Waals surface area contributed by atoms with Gasteiger partial charge in [-0.05, 0) is 44.9 Å². The summed E-state index contributed by atoms with van der Waals surface area (Å²) < 4.78 is 44.6. The third kappa shape index (κ3) is 4.20. The van der Waals surface area contributed by atoms with Gasteiger partial charge in [0.2, 0.25) is 0 Å². The van der Waals surface area contributed by atoms with Crippen LogP contribution in [0, 0.1) is 0 Å². The molecule has 2 fully saturated rings. The number of carbonyl (C=O) groups is 1. The van der Waals surface area contributed by atoms with Crippen LogP contribution in [0.1, 0.15) is 31.7 Å². The fourth-order valence-electron chi connectivity index (χ4n) is 3.60. The molecule has 1 aromatic carbocycles. The summed E-state index contributed by atoms with van der Waals surface area (Å²) >= 11 is 0. The second-order valence-corrected chi connectivity index (χ2v) is 6.38. The Hall–Kier alpha value is -1.47. The van der Waals surface area contributed by atoms with Gasteiger partial charge in [0.05, 0.1) is 5.56 Å². The first kappa shape index (κ1) is 19.8. The van der Waals surface area contributed by atoms with Crippen molar-refractivity contribution >= 4 is 18.3 Å². The Labute approximate surface area is 151 Å². The van der Waals surface area contributed by atoms with Crippen LogP contribution < -0.4 is 10.1 Å². The van der Waals surface area contributed by atoms with Crippen LogP contribution in [0.15, 0.2) is 24.3 Å². The van der Waals surface area contributed by atoms with Crippen molar-refractivity contribution in [2.45, 2.75) is 50.6 Å².